The summed E-state index contributed by atoms with van der Waals surface area (Å²) in [6.45, 7) is 5.78. The number of methoxy groups -OCH3 is 1. The molecule has 0 aliphatic carbocycles. The second-order valence-electron chi connectivity index (χ2n) is 6.88. The number of hydrogen-bond donors (Lipinski definition) is 2. The molecule has 0 heterocycles. The van der Waals surface area contributed by atoms with Gasteiger partial charge >= 0.3 is 0 Å². The van der Waals surface area contributed by atoms with Gasteiger partial charge in [-0.15, -0.1) is 0 Å². The maximum atomic E-state index is 12.9. The molecule has 0 aliphatic rings. The van der Waals surface area contributed by atoms with Gasteiger partial charge in [0.1, 0.15) is 12.1 Å². The zero-order valence-corrected chi connectivity index (χ0v) is 16.4. The second kappa shape index (κ2) is 10.4. The van der Waals surface area contributed by atoms with Gasteiger partial charge in [-0.2, -0.15) is 0 Å². The summed E-state index contributed by atoms with van der Waals surface area (Å²) in [7, 11) is 4.64. The Morgan fingerprint density at radius 3 is 2.08 bits per heavy atom. The lowest BCUT2D eigenvalue weighted by Crippen LogP contribution is -2.55. The van der Waals surface area contributed by atoms with E-state index >= 15 is 0 Å². The zero-order valence-electron chi connectivity index (χ0n) is 16.4. The molecule has 0 bridgehead atoms. The molecular formula is C17H34N4O4. The normalized spacial score (nSPS) is 13.9. The molecule has 0 rings (SSSR count). The molecule has 0 aromatic carbocycles. The van der Waals surface area contributed by atoms with Gasteiger partial charge in [-0.1, -0.05) is 6.92 Å². The molecule has 3 amide bonds. The second-order valence-corrected chi connectivity index (χ2v) is 6.88. The highest BCUT2D eigenvalue weighted by Gasteiger charge is 2.36. The Labute approximate surface area is 150 Å². The van der Waals surface area contributed by atoms with Gasteiger partial charge in [0.15, 0.2) is 0 Å². The predicted molar refractivity (Wildman–Crippen MR) is 96.6 cm³/mol. The molecule has 4 N–H and O–H groups in total. The molecule has 0 aromatic rings. The number of carbonyl (C=O) groups excluding carboxylic acids is 3. The van der Waals surface area contributed by atoms with Crippen LogP contribution in [-0.2, 0) is 19.1 Å². The lowest BCUT2D eigenvalue weighted by atomic mass is 9.96. The molecule has 25 heavy (non-hydrogen) atoms. The van der Waals surface area contributed by atoms with Crippen LogP contribution in [0.2, 0.25) is 0 Å². The Hall–Kier alpha value is -1.67. The third-order valence-electron chi connectivity index (χ3n) is 4.43. The van der Waals surface area contributed by atoms with Crippen LogP contribution in [0.4, 0.5) is 0 Å². The number of nitrogens with two attached hydrogens (primary N) is 2. The lowest BCUT2D eigenvalue weighted by Gasteiger charge is -2.36. The fourth-order valence-electron chi connectivity index (χ4n) is 2.57. The molecule has 8 nitrogen and oxygen atoms in total. The standard InChI is InChI=1S/C17H34N4O4/c1-7-8-14(22)20(4)12(9-10-18)16(24)21(5)13(15(19)23)11-17(2,3)25-6/h12-13H,7-11,18H2,1-6H3,(H2,19,23)/t12?,13-/m0/s1. The average molecular weight is 358 g/mol. The summed E-state index contributed by atoms with van der Waals surface area (Å²) in [5.41, 5.74) is 10.5. The van der Waals surface area contributed by atoms with Gasteiger partial charge in [0.2, 0.25) is 17.7 Å². The van der Waals surface area contributed by atoms with Crippen LogP contribution in [0, 0.1) is 0 Å². The molecule has 2 atom stereocenters. The van der Waals surface area contributed by atoms with Gasteiger partial charge in [-0.3, -0.25) is 14.4 Å². The predicted octanol–water partition coefficient (Wildman–Crippen LogP) is 0.0897. The SMILES string of the molecule is CCCC(=O)N(C)C(CCN)C(=O)N(C)[C@@H](CC(C)(C)OC)C(N)=O. The molecule has 0 spiro atoms. The summed E-state index contributed by atoms with van der Waals surface area (Å²) in [5, 5.41) is 0. The molecule has 0 aromatic heterocycles. The van der Waals surface area contributed by atoms with E-state index in [1.807, 2.05) is 20.8 Å². The summed E-state index contributed by atoms with van der Waals surface area (Å²) in [6, 6.07) is -1.56. The highest BCUT2D eigenvalue weighted by molar-refractivity contribution is 5.91. The smallest absolute Gasteiger partial charge is 0.245 e. The first-order valence-electron chi connectivity index (χ1n) is 8.59. The molecule has 0 saturated heterocycles. The Bertz CT molecular complexity index is 468. The van der Waals surface area contributed by atoms with E-state index in [0.717, 1.165) is 0 Å². The average Bonchev–Trinajstić information content (AvgIpc) is 2.55. The van der Waals surface area contributed by atoms with E-state index in [9.17, 15) is 14.4 Å². The van der Waals surface area contributed by atoms with Crippen molar-refractivity contribution in [3.05, 3.63) is 0 Å². The van der Waals surface area contributed by atoms with Gasteiger partial charge in [0, 0.05) is 34.0 Å². The molecule has 8 heteroatoms. The van der Waals surface area contributed by atoms with Crippen molar-refractivity contribution in [3.8, 4) is 0 Å². The largest absolute Gasteiger partial charge is 0.379 e. The lowest BCUT2D eigenvalue weighted by molar-refractivity contribution is -0.148. The highest BCUT2D eigenvalue weighted by Crippen LogP contribution is 2.20. The summed E-state index contributed by atoms with van der Waals surface area (Å²) < 4.78 is 5.34. The fourth-order valence-corrected chi connectivity index (χ4v) is 2.57. The molecule has 0 saturated carbocycles. The van der Waals surface area contributed by atoms with E-state index in [1.54, 1.807) is 7.05 Å². The number of hydrogen-bond acceptors (Lipinski definition) is 5. The maximum Gasteiger partial charge on any atom is 0.245 e. The van der Waals surface area contributed by atoms with Crippen LogP contribution in [0.25, 0.3) is 0 Å². The summed E-state index contributed by atoms with van der Waals surface area (Å²) >= 11 is 0. The van der Waals surface area contributed by atoms with Crippen molar-refractivity contribution in [1.82, 2.24) is 9.80 Å². The van der Waals surface area contributed by atoms with E-state index in [4.69, 9.17) is 16.2 Å². The maximum absolute atomic E-state index is 12.9. The third kappa shape index (κ3) is 6.99. The third-order valence-corrected chi connectivity index (χ3v) is 4.43. The fraction of sp³-hybridized carbons (Fsp3) is 0.824. The van der Waals surface area contributed by atoms with Gasteiger partial charge in [-0.25, -0.2) is 0 Å². The Morgan fingerprint density at radius 1 is 1.12 bits per heavy atom. The van der Waals surface area contributed by atoms with E-state index < -0.39 is 23.6 Å². The Kier molecular flexibility index (Phi) is 9.66. The number of rotatable bonds is 11. The van der Waals surface area contributed by atoms with Crippen LogP contribution in [0.1, 0.15) is 46.5 Å². The van der Waals surface area contributed by atoms with Crippen LogP contribution in [0.3, 0.4) is 0 Å². The number of primary amides is 1. The Balaban J connectivity index is 5.43. The first-order chi connectivity index (χ1) is 11.5. The first kappa shape index (κ1) is 23.3. The van der Waals surface area contributed by atoms with Crippen molar-refractivity contribution < 1.29 is 19.1 Å². The minimum atomic E-state index is -0.836. The van der Waals surface area contributed by atoms with Crippen molar-refractivity contribution in [2.45, 2.75) is 64.1 Å². The van der Waals surface area contributed by atoms with Crippen molar-refractivity contribution in [2.75, 3.05) is 27.7 Å². The van der Waals surface area contributed by atoms with Gasteiger partial charge in [0.25, 0.3) is 0 Å². The van der Waals surface area contributed by atoms with Crippen molar-refractivity contribution >= 4 is 17.7 Å². The minimum Gasteiger partial charge on any atom is -0.379 e. The van der Waals surface area contributed by atoms with Gasteiger partial charge in [0.05, 0.1) is 5.60 Å². The van der Waals surface area contributed by atoms with Crippen molar-refractivity contribution in [1.29, 1.82) is 0 Å². The van der Waals surface area contributed by atoms with Gasteiger partial charge in [-0.05, 0) is 33.2 Å². The first-order valence-corrected chi connectivity index (χ1v) is 8.59. The Morgan fingerprint density at radius 2 is 1.68 bits per heavy atom. The number of amides is 3. The van der Waals surface area contributed by atoms with E-state index in [2.05, 4.69) is 0 Å². The highest BCUT2D eigenvalue weighted by atomic mass is 16.5. The number of nitrogens with zero attached hydrogens (tertiary/aromatic N) is 2. The number of likely N-dealkylation sites (N-methyl/N-ethyl adjacent to an activating group) is 2. The molecule has 146 valence electrons. The molecule has 0 fully saturated rings. The van der Waals surface area contributed by atoms with Gasteiger partial charge < -0.3 is 26.0 Å². The van der Waals surface area contributed by atoms with E-state index in [0.29, 0.717) is 19.3 Å². The molecule has 0 aliphatic heterocycles. The summed E-state index contributed by atoms with van der Waals surface area (Å²) in [6.07, 6.45) is 1.61. The zero-order chi connectivity index (χ0) is 19.8. The van der Waals surface area contributed by atoms with E-state index in [-0.39, 0.29) is 24.8 Å². The number of carbonyl (C=O) groups is 3. The van der Waals surface area contributed by atoms with Crippen LogP contribution in [0.5, 0.6) is 0 Å². The summed E-state index contributed by atoms with van der Waals surface area (Å²) in [5.74, 6) is -1.10. The van der Waals surface area contributed by atoms with Crippen molar-refractivity contribution in [3.63, 3.8) is 0 Å². The van der Waals surface area contributed by atoms with Crippen LogP contribution in [0.15, 0.2) is 0 Å². The molecule has 1 unspecified atom stereocenters. The van der Waals surface area contributed by atoms with E-state index in [1.165, 1.54) is 24.0 Å². The molecular weight excluding hydrogens is 324 g/mol. The quantitative estimate of drug-likeness (QED) is 0.542. The summed E-state index contributed by atoms with van der Waals surface area (Å²) in [4.78, 5) is 39.7. The van der Waals surface area contributed by atoms with Crippen LogP contribution < -0.4 is 11.5 Å². The van der Waals surface area contributed by atoms with Crippen LogP contribution in [-0.4, -0.2) is 73.0 Å². The minimum absolute atomic E-state index is 0.129. The molecule has 0 radical (unpaired) electrons. The van der Waals surface area contributed by atoms with Crippen LogP contribution >= 0.6 is 0 Å². The van der Waals surface area contributed by atoms with Crippen molar-refractivity contribution in [2.24, 2.45) is 11.5 Å². The number of ether oxygens (including phenoxy) is 1. The topological polar surface area (TPSA) is 119 Å². The monoisotopic (exact) mass is 358 g/mol.